The molecule has 0 rings (SSSR count). The predicted octanol–water partition coefficient (Wildman–Crippen LogP) is 5.34. The van der Waals surface area contributed by atoms with E-state index < -0.39 is 5.60 Å². The molecule has 108 valence electrons. The molecule has 1 atom stereocenters. The van der Waals surface area contributed by atoms with E-state index in [9.17, 15) is 5.11 Å². The fraction of sp³-hybridized carbons (Fsp3) is 0.882. The van der Waals surface area contributed by atoms with Crippen LogP contribution in [0.3, 0.4) is 0 Å². The molecular weight excluding hydrogens is 220 g/mol. The van der Waals surface area contributed by atoms with Crippen LogP contribution in [0.25, 0.3) is 0 Å². The molecule has 0 amide bonds. The van der Waals surface area contributed by atoms with Crippen LogP contribution in [0, 0.1) is 11.8 Å². The van der Waals surface area contributed by atoms with Crippen LogP contribution in [0.1, 0.15) is 80.1 Å². The van der Waals surface area contributed by atoms with Crippen molar-refractivity contribution in [2.75, 3.05) is 0 Å². The smallest absolute Gasteiger partial charge is 0.0654 e. The average Bonchev–Trinajstić information content (AvgIpc) is 2.24. The summed E-state index contributed by atoms with van der Waals surface area (Å²) >= 11 is 0. The summed E-state index contributed by atoms with van der Waals surface area (Å²) < 4.78 is 0. The van der Waals surface area contributed by atoms with Crippen molar-refractivity contribution in [1.29, 1.82) is 0 Å². The lowest BCUT2D eigenvalue weighted by Gasteiger charge is -2.23. The van der Waals surface area contributed by atoms with Crippen LogP contribution in [0.15, 0.2) is 11.6 Å². The molecule has 0 aromatic rings. The van der Waals surface area contributed by atoms with Gasteiger partial charge in [0.25, 0.3) is 0 Å². The highest BCUT2D eigenvalue weighted by molar-refractivity contribution is 5.00. The number of aliphatic hydroxyl groups is 1. The summed E-state index contributed by atoms with van der Waals surface area (Å²) in [5, 5.41) is 10.3. The van der Waals surface area contributed by atoms with E-state index in [4.69, 9.17) is 0 Å². The maximum atomic E-state index is 10.3. The van der Waals surface area contributed by atoms with Crippen molar-refractivity contribution in [3.8, 4) is 0 Å². The Morgan fingerprint density at radius 3 is 2.17 bits per heavy atom. The van der Waals surface area contributed by atoms with Gasteiger partial charge in [0.2, 0.25) is 0 Å². The Morgan fingerprint density at radius 1 is 1.11 bits per heavy atom. The first kappa shape index (κ1) is 17.7. The van der Waals surface area contributed by atoms with Crippen molar-refractivity contribution >= 4 is 0 Å². The molecular formula is C17H34O. The summed E-state index contributed by atoms with van der Waals surface area (Å²) in [5.41, 5.74) is 0.907. The minimum atomic E-state index is -0.524. The number of rotatable bonds is 9. The molecule has 0 aromatic carbocycles. The summed E-state index contributed by atoms with van der Waals surface area (Å²) in [6.07, 6.45) is 8.79. The molecule has 18 heavy (non-hydrogen) atoms. The van der Waals surface area contributed by atoms with Gasteiger partial charge in [-0.3, -0.25) is 0 Å². The molecule has 1 N–H and O–H groups in total. The van der Waals surface area contributed by atoms with E-state index in [1.54, 1.807) is 0 Å². The van der Waals surface area contributed by atoms with Crippen LogP contribution < -0.4 is 0 Å². The van der Waals surface area contributed by atoms with Crippen molar-refractivity contribution < 1.29 is 5.11 Å². The van der Waals surface area contributed by atoms with Gasteiger partial charge in [-0.25, -0.2) is 0 Å². The van der Waals surface area contributed by atoms with Crippen LogP contribution in [0.4, 0.5) is 0 Å². The van der Waals surface area contributed by atoms with Gasteiger partial charge in [0.05, 0.1) is 5.60 Å². The van der Waals surface area contributed by atoms with E-state index >= 15 is 0 Å². The molecule has 0 bridgehead atoms. The normalized spacial score (nSPS) is 16.4. The first-order chi connectivity index (χ1) is 8.23. The van der Waals surface area contributed by atoms with Crippen LogP contribution in [-0.2, 0) is 0 Å². The van der Waals surface area contributed by atoms with Gasteiger partial charge in [-0.05, 0) is 57.8 Å². The second-order valence-electron chi connectivity index (χ2n) is 6.97. The van der Waals surface area contributed by atoms with Crippen LogP contribution in [-0.4, -0.2) is 10.7 Å². The third kappa shape index (κ3) is 10.8. The van der Waals surface area contributed by atoms with Crippen molar-refractivity contribution in [2.45, 2.75) is 85.7 Å². The summed E-state index contributed by atoms with van der Waals surface area (Å²) in [5.74, 6) is 1.47. The number of hydrogen-bond acceptors (Lipinski definition) is 1. The van der Waals surface area contributed by atoms with Gasteiger partial charge in [-0.2, -0.15) is 0 Å². The van der Waals surface area contributed by atoms with Crippen molar-refractivity contribution in [2.24, 2.45) is 11.8 Å². The molecule has 0 fully saturated rings. The molecule has 1 heteroatoms. The highest BCUT2D eigenvalue weighted by Crippen LogP contribution is 2.22. The van der Waals surface area contributed by atoms with E-state index in [-0.39, 0.29) is 0 Å². The Labute approximate surface area is 115 Å². The van der Waals surface area contributed by atoms with E-state index in [1.165, 1.54) is 24.8 Å². The summed E-state index contributed by atoms with van der Waals surface area (Å²) in [6, 6.07) is 0. The second kappa shape index (κ2) is 8.74. The Hall–Kier alpha value is -0.300. The molecule has 0 radical (unpaired) electrons. The van der Waals surface area contributed by atoms with Gasteiger partial charge in [0, 0.05) is 0 Å². The monoisotopic (exact) mass is 254 g/mol. The average molecular weight is 254 g/mol. The van der Waals surface area contributed by atoms with Crippen molar-refractivity contribution in [3.05, 3.63) is 11.6 Å². The van der Waals surface area contributed by atoms with Gasteiger partial charge >= 0.3 is 0 Å². The summed E-state index contributed by atoms with van der Waals surface area (Å²) in [7, 11) is 0. The van der Waals surface area contributed by atoms with Gasteiger partial charge < -0.3 is 5.11 Å². The fourth-order valence-corrected chi connectivity index (χ4v) is 1.99. The van der Waals surface area contributed by atoms with Crippen LogP contribution >= 0.6 is 0 Å². The Balaban J connectivity index is 3.94. The SMILES string of the molecule is C/C(=C\CC(C)(O)CCC(C)C)CCCC(C)C. The molecule has 0 saturated heterocycles. The zero-order valence-electron chi connectivity index (χ0n) is 13.4. The van der Waals surface area contributed by atoms with E-state index in [0.29, 0.717) is 5.92 Å². The highest BCUT2D eigenvalue weighted by Gasteiger charge is 2.18. The lowest BCUT2D eigenvalue weighted by atomic mass is 9.91. The van der Waals surface area contributed by atoms with Gasteiger partial charge in [0.1, 0.15) is 0 Å². The highest BCUT2D eigenvalue weighted by atomic mass is 16.3. The van der Waals surface area contributed by atoms with Crippen molar-refractivity contribution in [3.63, 3.8) is 0 Å². The molecule has 0 heterocycles. The topological polar surface area (TPSA) is 20.2 Å². The van der Waals surface area contributed by atoms with E-state index in [1.807, 2.05) is 6.92 Å². The molecule has 0 saturated carbocycles. The van der Waals surface area contributed by atoms with Crippen LogP contribution in [0.2, 0.25) is 0 Å². The summed E-state index contributed by atoms with van der Waals surface area (Å²) in [4.78, 5) is 0. The van der Waals surface area contributed by atoms with Gasteiger partial charge in [-0.1, -0.05) is 45.8 Å². The predicted molar refractivity (Wildman–Crippen MR) is 81.8 cm³/mol. The fourth-order valence-electron chi connectivity index (χ4n) is 1.99. The second-order valence-corrected chi connectivity index (χ2v) is 6.97. The molecule has 0 aliphatic heterocycles. The minimum absolute atomic E-state index is 0.524. The zero-order chi connectivity index (χ0) is 14.2. The Morgan fingerprint density at radius 2 is 1.67 bits per heavy atom. The first-order valence-corrected chi connectivity index (χ1v) is 7.61. The molecule has 1 nitrogen and oxygen atoms in total. The maximum absolute atomic E-state index is 10.3. The Kier molecular flexibility index (Phi) is 8.60. The standard InChI is InChI=1S/C17H34O/c1-14(2)8-7-9-16(5)11-13-17(6,18)12-10-15(3)4/h11,14-15,18H,7-10,12-13H2,1-6H3/b16-11+. The zero-order valence-corrected chi connectivity index (χ0v) is 13.4. The number of hydrogen-bond donors (Lipinski definition) is 1. The van der Waals surface area contributed by atoms with Crippen LogP contribution in [0.5, 0.6) is 0 Å². The Bertz CT molecular complexity index is 236. The lowest BCUT2D eigenvalue weighted by Crippen LogP contribution is -2.23. The van der Waals surface area contributed by atoms with Gasteiger partial charge in [0.15, 0.2) is 0 Å². The maximum Gasteiger partial charge on any atom is 0.0654 e. The minimum Gasteiger partial charge on any atom is -0.390 e. The molecule has 0 aromatic heterocycles. The van der Waals surface area contributed by atoms with Gasteiger partial charge in [-0.15, -0.1) is 0 Å². The van der Waals surface area contributed by atoms with E-state index in [2.05, 4.69) is 40.7 Å². The quantitative estimate of drug-likeness (QED) is 0.551. The first-order valence-electron chi connectivity index (χ1n) is 7.61. The largest absolute Gasteiger partial charge is 0.390 e. The van der Waals surface area contributed by atoms with Crippen molar-refractivity contribution in [1.82, 2.24) is 0 Å². The van der Waals surface area contributed by atoms with E-state index in [0.717, 1.165) is 25.2 Å². The third-order valence-corrected chi connectivity index (χ3v) is 3.50. The molecule has 1 unspecified atom stereocenters. The third-order valence-electron chi connectivity index (χ3n) is 3.50. The molecule has 0 aliphatic carbocycles. The lowest BCUT2D eigenvalue weighted by molar-refractivity contribution is 0.0482. The summed E-state index contributed by atoms with van der Waals surface area (Å²) in [6.45, 7) is 13.1. The number of allylic oxidation sites excluding steroid dienone is 1. The molecule has 0 spiro atoms. The molecule has 0 aliphatic rings.